The highest BCUT2D eigenvalue weighted by Crippen LogP contribution is 2.08. The van der Waals surface area contributed by atoms with Crippen LogP contribution in [-0.4, -0.2) is 71.8 Å². The SMILES string of the molecule is CSCCC(=O)N1CCN(C(=O)CCSC)CC1. The second-order valence-electron chi connectivity index (χ2n) is 4.25. The number of rotatable bonds is 6. The van der Waals surface area contributed by atoms with Gasteiger partial charge in [0.15, 0.2) is 0 Å². The van der Waals surface area contributed by atoms with E-state index in [0.717, 1.165) is 11.5 Å². The molecule has 0 aromatic heterocycles. The van der Waals surface area contributed by atoms with E-state index in [2.05, 4.69) is 0 Å². The number of hydrogen-bond acceptors (Lipinski definition) is 4. The van der Waals surface area contributed by atoms with Crippen LogP contribution in [-0.2, 0) is 9.59 Å². The van der Waals surface area contributed by atoms with E-state index < -0.39 is 0 Å². The van der Waals surface area contributed by atoms with Crippen LogP contribution < -0.4 is 0 Å². The Bertz CT molecular complexity index is 251. The molecule has 1 aliphatic heterocycles. The summed E-state index contributed by atoms with van der Waals surface area (Å²) in [5.74, 6) is 2.21. The van der Waals surface area contributed by atoms with Crippen LogP contribution in [0.15, 0.2) is 0 Å². The fourth-order valence-corrected chi connectivity index (χ4v) is 2.66. The van der Waals surface area contributed by atoms with Gasteiger partial charge < -0.3 is 9.80 Å². The van der Waals surface area contributed by atoms with Crippen LogP contribution in [0, 0.1) is 0 Å². The molecule has 0 atom stereocenters. The Morgan fingerprint density at radius 2 is 1.17 bits per heavy atom. The maximum Gasteiger partial charge on any atom is 0.223 e. The van der Waals surface area contributed by atoms with Crippen molar-refractivity contribution in [2.75, 3.05) is 50.2 Å². The summed E-state index contributed by atoms with van der Waals surface area (Å²) < 4.78 is 0. The summed E-state index contributed by atoms with van der Waals surface area (Å²) >= 11 is 3.39. The van der Waals surface area contributed by atoms with Gasteiger partial charge in [0, 0.05) is 50.5 Å². The van der Waals surface area contributed by atoms with Gasteiger partial charge in [0.2, 0.25) is 11.8 Å². The Kier molecular flexibility index (Phi) is 7.58. The average molecular weight is 290 g/mol. The van der Waals surface area contributed by atoms with E-state index in [1.807, 2.05) is 22.3 Å². The quantitative estimate of drug-likeness (QED) is 0.736. The number of piperazine rings is 1. The molecule has 2 amide bonds. The minimum atomic E-state index is 0.223. The first-order valence-corrected chi connectivity index (χ1v) is 9.01. The van der Waals surface area contributed by atoms with Gasteiger partial charge in [-0.3, -0.25) is 9.59 Å². The highest BCUT2D eigenvalue weighted by Gasteiger charge is 2.23. The summed E-state index contributed by atoms with van der Waals surface area (Å²) in [6.07, 6.45) is 5.24. The highest BCUT2D eigenvalue weighted by atomic mass is 32.2. The van der Waals surface area contributed by atoms with Crippen LogP contribution in [0.25, 0.3) is 0 Å². The number of nitrogens with zero attached hydrogens (tertiary/aromatic N) is 2. The summed E-state index contributed by atoms with van der Waals surface area (Å²) in [7, 11) is 0. The van der Waals surface area contributed by atoms with Crippen molar-refractivity contribution in [2.24, 2.45) is 0 Å². The summed E-state index contributed by atoms with van der Waals surface area (Å²) in [5, 5.41) is 0. The first-order chi connectivity index (χ1) is 8.69. The summed E-state index contributed by atoms with van der Waals surface area (Å²) in [4.78, 5) is 27.4. The highest BCUT2D eigenvalue weighted by molar-refractivity contribution is 7.98. The number of carbonyl (C=O) groups excluding carboxylic acids is 2. The van der Waals surface area contributed by atoms with E-state index in [1.165, 1.54) is 0 Å². The van der Waals surface area contributed by atoms with Crippen molar-refractivity contribution in [2.45, 2.75) is 12.8 Å². The van der Waals surface area contributed by atoms with Crippen LogP contribution in [0.4, 0.5) is 0 Å². The molecular weight excluding hydrogens is 268 g/mol. The van der Waals surface area contributed by atoms with Gasteiger partial charge in [-0.25, -0.2) is 0 Å². The minimum absolute atomic E-state index is 0.223. The molecule has 0 aliphatic carbocycles. The number of carbonyl (C=O) groups is 2. The standard InChI is InChI=1S/C12H22N2O2S2/c1-17-9-3-11(15)13-5-7-14(8-6-13)12(16)4-10-18-2/h3-10H2,1-2H3. The van der Waals surface area contributed by atoms with Crippen molar-refractivity contribution in [3.8, 4) is 0 Å². The second-order valence-corrected chi connectivity index (χ2v) is 6.22. The van der Waals surface area contributed by atoms with Crippen molar-refractivity contribution >= 4 is 35.3 Å². The van der Waals surface area contributed by atoms with Gasteiger partial charge in [0.1, 0.15) is 0 Å². The van der Waals surface area contributed by atoms with Gasteiger partial charge in [-0.2, -0.15) is 23.5 Å². The van der Waals surface area contributed by atoms with Crippen molar-refractivity contribution < 1.29 is 9.59 Å². The Labute approximate surface area is 118 Å². The predicted molar refractivity (Wildman–Crippen MR) is 79.2 cm³/mol. The molecule has 0 aromatic carbocycles. The molecule has 0 bridgehead atoms. The Morgan fingerprint density at radius 1 is 0.833 bits per heavy atom. The van der Waals surface area contributed by atoms with E-state index >= 15 is 0 Å². The lowest BCUT2D eigenvalue weighted by Gasteiger charge is -2.34. The van der Waals surface area contributed by atoms with Crippen LogP contribution in [0.5, 0.6) is 0 Å². The van der Waals surface area contributed by atoms with Gasteiger partial charge in [0.25, 0.3) is 0 Å². The zero-order valence-electron chi connectivity index (χ0n) is 11.2. The fraction of sp³-hybridized carbons (Fsp3) is 0.833. The third-order valence-electron chi connectivity index (χ3n) is 3.03. The van der Waals surface area contributed by atoms with Crippen LogP contribution >= 0.6 is 23.5 Å². The molecule has 0 unspecified atom stereocenters. The summed E-state index contributed by atoms with van der Waals surface area (Å²) in [6, 6.07) is 0. The van der Waals surface area contributed by atoms with Crippen molar-refractivity contribution in [1.29, 1.82) is 0 Å². The third-order valence-corrected chi connectivity index (χ3v) is 4.25. The molecule has 18 heavy (non-hydrogen) atoms. The summed E-state index contributed by atoms with van der Waals surface area (Å²) in [6.45, 7) is 2.77. The number of thioether (sulfide) groups is 2. The van der Waals surface area contributed by atoms with Crippen molar-refractivity contribution in [3.63, 3.8) is 0 Å². The van der Waals surface area contributed by atoms with Crippen molar-refractivity contribution in [3.05, 3.63) is 0 Å². The first kappa shape index (κ1) is 15.7. The molecule has 4 nitrogen and oxygen atoms in total. The Hall–Kier alpha value is -0.360. The monoisotopic (exact) mass is 290 g/mol. The van der Waals surface area contributed by atoms with E-state index in [0.29, 0.717) is 39.0 Å². The first-order valence-electron chi connectivity index (χ1n) is 6.22. The Morgan fingerprint density at radius 3 is 1.44 bits per heavy atom. The van der Waals surface area contributed by atoms with Gasteiger partial charge in [-0.15, -0.1) is 0 Å². The molecule has 0 spiro atoms. The molecule has 0 saturated carbocycles. The lowest BCUT2D eigenvalue weighted by Crippen LogP contribution is -2.50. The summed E-state index contributed by atoms with van der Waals surface area (Å²) in [5.41, 5.74) is 0. The largest absolute Gasteiger partial charge is 0.339 e. The molecule has 1 rings (SSSR count). The van der Waals surface area contributed by atoms with Gasteiger partial charge in [-0.05, 0) is 12.5 Å². The van der Waals surface area contributed by atoms with Crippen molar-refractivity contribution in [1.82, 2.24) is 9.80 Å². The normalized spacial score (nSPS) is 15.9. The fourth-order valence-electron chi connectivity index (χ4n) is 1.90. The molecular formula is C12H22N2O2S2. The molecule has 1 saturated heterocycles. The molecule has 1 fully saturated rings. The van der Waals surface area contributed by atoms with Crippen LogP contribution in [0.2, 0.25) is 0 Å². The molecule has 6 heteroatoms. The zero-order valence-corrected chi connectivity index (χ0v) is 12.8. The maximum absolute atomic E-state index is 11.8. The smallest absolute Gasteiger partial charge is 0.223 e. The molecule has 1 aliphatic rings. The van der Waals surface area contributed by atoms with Crippen LogP contribution in [0.1, 0.15) is 12.8 Å². The van der Waals surface area contributed by atoms with Gasteiger partial charge >= 0.3 is 0 Å². The molecule has 0 aromatic rings. The third kappa shape index (κ3) is 5.10. The minimum Gasteiger partial charge on any atom is -0.339 e. The van der Waals surface area contributed by atoms with Gasteiger partial charge in [-0.1, -0.05) is 0 Å². The van der Waals surface area contributed by atoms with E-state index in [9.17, 15) is 9.59 Å². The number of hydrogen-bond donors (Lipinski definition) is 0. The molecule has 0 radical (unpaired) electrons. The lowest BCUT2D eigenvalue weighted by atomic mass is 10.2. The average Bonchev–Trinajstić information content (AvgIpc) is 2.42. The maximum atomic E-state index is 11.8. The van der Waals surface area contributed by atoms with E-state index in [1.54, 1.807) is 23.5 Å². The van der Waals surface area contributed by atoms with Gasteiger partial charge in [0.05, 0.1) is 0 Å². The topological polar surface area (TPSA) is 40.6 Å². The predicted octanol–water partition coefficient (Wildman–Crippen LogP) is 1.16. The van der Waals surface area contributed by atoms with Crippen LogP contribution in [0.3, 0.4) is 0 Å². The van der Waals surface area contributed by atoms with E-state index in [4.69, 9.17) is 0 Å². The lowest BCUT2D eigenvalue weighted by molar-refractivity contribution is -0.139. The zero-order chi connectivity index (χ0) is 13.4. The second kappa shape index (κ2) is 8.69. The molecule has 1 heterocycles. The molecule has 0 N–H and O–H groups in total. The Balaban J connectivity index is 2.27. The number of amides is 2. The van der Waals surface area contributed by atoms with E-state index in [-0.39, 0.29) is 11.8 Å². The molecule has 104 valence electrons.